The summed E-state index contributed by atoms with van der Waals surface area (Å²) in [6.07, 6.45) is 2.68. The molecule has 0 radical (unpaired) electrons. The average Bonchev–Trinajstić information content (AvgIpc) is 2.63. The highest BCUT2D eigenvalue weighted by molar-refractivity contribution is 7.80. The van der Waals surface area contributed by atoms with Crippen LogP contribution in [0.2, 0.25) is 0 Å². The molecule has 7 heteroatoms. The van der Waals surface area contributed by atoms with Crippen LogP contribution in [0.3, 0.4) is 0 Å². The van der Waals surface area contributed by atoms with Gasteiger partial charge in [0.1, 0.15) is 0 Å². The third-order valence-corrected chi connectivity index (χ3v) is 3.84. The van der Waals surface area contributed by atoms with E-state index in [1.165, 1.54) is 5.69 Å². The predicted molar refractivity (Wildman–Crippen MR) is 102 cm³/mol. The molecule has 1 aliphatic heterocycles. The number of hydrogen-bond acceptors (Lipinski definition) is 5. The van der Waals surface area contributed by atoms with Crippen LogP contribution in [0.4, 0.5) is 5.69 Å². The summed E-state index contributed by atoms with van der Waals surface area (Å²) in [5.41, 5.74) is 5.07. The fourth-order valence-corrected chi connectivity index (χ4v) is 2.47. The minimum absolute atomic E-state index is 0.521. The van der Waals surface area contributed by atoms with E-state index < -0.39 is 0 Å². The van der Waals surface area contributed by atoms with E-state index in [1.54, 1.807) is 6.21 Å². The van der Waals surface area contributed by atoms with Gasteiger partial charge in [-0.25, -0.2) is 0 Å². The van der Waals surface area contributed by atoms with E-state index in [1.807, 2.05) is 6.92 Å². The maximum atomic E-state index is 5.37. The van der Waals surface area contributed by atoms with Crippen molar-refractivity contribution in [3.05, 3.63) is 29.8 Å². The van der Waals surface area contributed by atoms with Crippen molar-refractivity contribution in [1.82, 2.24) is 10.7 Å². The van der Waals surface area contributed by atoms with E-state index in [2.05, 4.69) is 45.0 Å². The van der Waals surface area contributed by atoms with Gasteiger partial charge in [0.2, 0.25) is 0 Å². The summed E-state index contributed by atoms with van der Waals surface area (Å²) in [7, 11) is 0. The van der Waals surface area contributed by atoms with Gasteiger partial charge in [0.25, 0.3) is 0 Å². The van der Waals surface area contributed by atoms with Crippen LogP contribution in [0.5, 0.6) is 0 Å². The summed E-state index contributed by atoms with van der Waals surface area (Å²) in [5.74, 6) is 0. The number of nitrogens with one attached hydrogen (secondary N) is 2. The molecule has 0 aliphatic carbocycles. The Morgan fingerprint density at radius 3 is 2.79 bits per heavy atom. The van der Waals surface area contributed by atoms with Gasteiger partial charge in [-0.15, -0.1) is 0 Å². The third kappa shape index (κ3) is 6.82. The first kappa shape index (κ1) is 18.6. The van der Waals surface area contributed by atoms with Crippen LogP contribution in [0.25, 0.3) is 0 Å². The van der Waals surface area contributed by atoms with Crippen molar-refractivity contribution in [2.75, 3.05) is 51.0 Å². The molecule has 6 nitrogen and oxygen atoms in total. The minimum atomic E-state index is 0.521. The van der Waals surface area contributed by atoms with Gasteiger partial charge in [-0.1, -0.05) is 12.1 Å². The number of thiocarbonyl (C=S) groups is 1. The monoisotopic (exact) mass is 350 g/mol. The molecule has 0 atom stereocenters. The number of benzene rings is 1. The SMILES string of the molecule is CCOCCCNC(=S)N/N=C\c1ccc(N2CCOCC2)cc1. The van der Waals surface area contributed by atoms with Crippen molar-refractivity contribution in [3.8, 4) is 0 Å². The molecule has 1 aliphatic rings. The predicted octanol–water partition coefficient (Wildman–Crippen LogP) is 1.75. The second-order valence-electron chi connectivity index (χ2n) is 5.37. The van der Waals surface area contributed by atoms with E-state index in [-0.39, 0.29) is 0 Å². The zero-order chi connectivity index (χ0) is 17.0. The van der Waals surface area contributed by atoms with Crippen LogP contribution < -0.4 is 15.6 Å². The first-order valence-corrected chi connectivity index (χ1v) is 8.78. The highest BCUT2D eigenvalue weighted by atomic mass is 32.1. The van der Waals surface area contributed by atoms with Gasteiger partial charge >= 0.3 is 0 Å². The second kappa shape index (κ2) is 11.0. The number of morpholine rings is 1. The summed E-state index contributed by atoms with van der Waals surface area (Å²) in [6.45, 7) is 7.72. The van der Waals surface area contributed by atoms with Crippen molar-refractivity contribution in [1.29, 1.82) is 0 Å². The topological polar surface area (TPSA) is 58.1 Å². The lowest BCUT2D eigenvalue weighted by Gasteiger charge is -2.28. The van der Waals surface area contributed by atoms with Crippen LogP contribution in [-0.4, -0.2) is 57.4 Å². The van der Waals surface area contributed by atoms with Crippen molar-refractivity contribution in [2.24, 2.45) is 5.10 Å². The molecule has 0 saturated carbocycles. The van der Waals surface area contributed by atoms with Gasteiger partial charge in [-0.2, -0.15) is 5.10 Å². The summed E-state index contributed by atoms with van der Waals surface area (Å²) in [5, 5.41) is 7.76. The molecule has 1 fully saturated rings. The highest BCUT2D eigenvalue weighted by Crippen LogP contribution is 2.15. The van der Waals surface area contributed by atoms with Crippen LogP contribution in [0.1, 0.15) is 18.9 Å². The van der Waals surface area contributed by atoms with Gasteiger partial charge in [-0.05, 0) is 43.3 Å². The molecule has 132 valence electrons. The van der Waals surface area contributed by atoms with Crippen LogP contribution >= 0.6 is 12.2 Å². The summed E-state index contributed by atoms with van der Waals surface area (Å²) in [4.78, 5) is 2.32. The Bertz CT molecular complexity index is 516. The Balaban J connectivity index is 1.68. The molecule has 0 unspecified atom stereocenters. The molecule has 0 aromatic heterocycles. The maximum Gasteiger partial charge on any atom is 0.186 e. The van der Waals surface area contributed by atoms with Crippen molar-refractivity contribution in [3.63, 3.8) is 0 Å². The number of rotatable bonds is 8. The number of hydrogen-bond donors (Lipinski definition) is 2. The Morgan fingerprint density at radius 1 is 1.33 bits per heavy atom. The molecular formula is C17H26N4O2S. The molecule has 1 aromatic rings. The van der Waals surface area contributed by atoms with E-state index in [0.717, 1.165) is 58.0 Å². The summed E-state index contributed by atoms with van der Waals surface area (Å²) < 4.78 is 10.6. The number of anilines is 1. The molecule has 0 spiro atoms. The largest absolute Gasteiger partial charge is 0.382 e. The molecule has 24 heavy (non-hydrogen) atoms. The number of hydrazone groups is 1. The zero-order valence-electron chi connectivity index (χ0n) is 14.2. The van der Waals surface area contributed by atoms with Crippen LogP contribution in [0, 0.1) is 0 Å². The zero-order valence-corrected chi connectivity index (χ0v) is 15.0. The van der Waals surface area contributed by atoms with Gasteiger partial charge in [-0.3, -0.25) is 5.43 Å². The van der Waals surface area contributed by atoms with Crippen LogP contribution in [-0.2, 0) is 9.47 Å². The summed E-state index contributed by atoms with van der Waals surface area (Å²) in [6, 6.07) is 8.32. The Hall–Kier alpha value is -1.70. The fraction of sp³-hybridized carbons (Fsp3) is 0.529. The van der Waals surface area contributed by atoms with Crippen LogP contribution in [0.15, 0.2) is 29.4 Å². The van der Waals surface area contributed by atoms with E-state index in [9.17, 15) is 0 Å². The fourth-order valence-electron chi connectivity index (χ4n) is 2.32. The minimum Gasteiger partial charge on any atom is -0.382 e. The Labute approximate surface area is 149 Å². The Morgan fingerprint density at radius 2 is 2.08 bits per heavy atom. The molecule has 1 saturated heterocycles. The second-order valence-corrected chi connectivity index (χ2v) is 5.78. The van der Waals surface area contributed by atoms with Crippen molar-refractivity contribution in [2.45, 2.75) is 13.3 Å². The molecule has 1 heterocycles. The first-order chi connectivity index (χ1) is 11.8. The molecular weight excluding hydrogens is 324 g/mol. The van der Waals surface area contributed by atoms with Gasteiger partial charge in [0.15, 0.2) is 5.11 Å². The lowest BCUT2D eigenvalue weighted by Crippen LogP contribution is -2.36. The molecule has 1 aromatic carbocycles. The van der Waals surface area contributed by atoms with Crippen molar-refractivity contribution < 1.29 is 9.47 Å². The number of nitrogens with zero attached hydrogens (tertiary/aromatic N) is 2. The number of ether oxygens (including phenoxy) is 2. The molecule has 0 amide bonds. The highest BCUT2D eigenvalue weighted by Gasteiger charge is 2.10. The summed E-state index contributed by atoms with van der Waals surface area (Å²) >= 11 is 5.16. The third-order valence-electron chi connectivity index (χ3n) is 3.60. The Kier molecular flexibility index (Phi) is 8.51. The van der Waals surface area contributed by atoms with E-state index in [4.69, 9.17) is 21.7 Å². The lowest BCUT2D eigenvalue weighted by molar-refractivity contribution is 0.122. The standard InChI is InChI=1S/C17H26N4O2S/c1-2-22-11-3-8-18-17(24)20-19-14-15-4-6-16(7-5-15)21-9-12-23-13-10-21/h4-7,14H,2-3,8-13H2,1H3,(H2,18,20,24)/b19-14-. The van der Waals surface area contributed by atoms with Gasteiger partial charge < -0.3 is 19.7 Å². The quantitative estimate of drug-likeness (QED) is 0.322. The normalized spacial score (nSPS) is 14.8. The van der Waals surface area contributed by atoms with Gasteiger partial charge in [0.05, 0.1) is 19.4 Å². The van der Waals surface area contributed by atoms with Crippen molar-refractivity contribution >= 4 is 29.2 Å². The average molecular weight is 350 g/mol. The lowest BCUT2D eigenvalue weighted by atomic mass is 10.2. The molecule has 2 rings (SSSR count). The van der Waals surface area contributed by atoms with E-state index >= 15 is 0 Å². The molecule has 0 bridgehead atoms. The molecule has 2 N–H and O–H groups in total. The smallest absolute Gasteiger partial charge is 0.186 e. The van der Waals surface area contributed by atoms with E-state index in [0.29, 0.717) is 5.11 Å². The first-order valence-electron chi connectivity index (χ1n) is 8.37. The van der Waals surface area contributed by atoms with Gasteiger partial charge in [0, 0.05) is 38.5 Å². The maximum absolute atomic E-state index is 5.37.